The highest BCUT2D eigenvalue weighted by Crippen LogP contribution is 1.98. The number of carbonyl (C=O) groups is 1. The third-order valence-corrected chi connectivity index (χ3v) is 1.62. The summed E-state index contributed by atoms with van der Waals surface area (Å²) >= 11 is 0. The maximum absolute atomic E-state index is 10.4. The third-order valence-electron chi connectivity index (χ3n) is 1.62. The lowest BCUT2D eigenvalue weighted by Crippen LogP contribution is -2.23. The van der Waals surface area contributed by atoms with Crippen molar-refractivity contribution in [2.24, 2.45) is 5.73 Å². The quantitative estimate of drug-likeness (QED) is 0.629. The van der Waals surface area contributed by atoms with Crippen molar-refractivity contribution in [3.8, 4) is 0 Å². The van der Waals surface area contributed by atoms with Gasteiger partial charge in [0, 0.05) is 18.6 Å². The van der Waals surface area contributed by atoms with Crippen molar-refractivity contribution in [1.29, 1.82) is 0 Å². The Labute approximate surface area is 71.8 Å². The largest absolute Gasteiger partial charge is 0.370 e. The number of aryl methyl sites for hydroxylation is 1. The van der Waals surface area contributed by atoms with Crippen molar-refractivity contribution < 1.29 is 9.36 Å². The van der Waals surface area contributed by atoms with Crippen molar-refractivity contribution in [3.05, 3.63) is 37.1 Å². The van der Waals surface area contributed by atoms with Crippen LogP contribution in [0, 0.1) is 7.05 Å². The molecule has 0 unspecified atom stereocenters. The number of rotatable bonds is 3. The highest BCUT2D eigenvalue weighted by molar-refractivity contribution is 5.73. The van der Waals surface area contributed by atoms with E-state index in [-0.39, 0.29) is 5.91 Å². The molecule has 2 N–H and O–H groups in total. The topological polar surface area (TPSA) is 47.0 Å². The number of carbonyl (C=O) groups excluding carboxylic acids is 1. The summed E-state index contributed by atoms with van der Waals surface area (Å²) in [6.45, 7) is 0. The minimum atomic E-state index is -0.263. The molecule has 0 bridgehead atoms. The van der Waals surface area contributed by atoms with E-state index in [1.807, 2.05) is 24.5 Å². The van der Waals surface area contributed by atoms with Crippen molar-refractivity contribution in [2.75, 3.05) is 0 Å². The van der Waals surface area contributed by atoms with Gasteiger partial charge in [0.15, 0.2) is 12.4 Å². The van der Waals surface area contributed by atoms with Crippen molar-refractivity contribution in [3.63, 3.8) is 0 Å². The molecule has 1 aromatic rings. The van der Waals surface area contributed by atoms with Gasteiger partial charge in [-0.15, -0.1) is 0 Å². The molecule has 0 saturated heterocycles. The van der Waals surface area contributed by atoms with Crippen LogP contribution in [-0.4, -0.2) is 5.91 Å². The van der Waals surface area contributed by atoms with Gasteiger partial charge < -0.3 is 5.73 Å². The van der Waals surface area contributed by atoms with E-state index in [4.69, 9.17) is 5.73 Å². The molecule has 0 spiro atoms. The minimum Gasteiger partial charge on any atom is -0.370 e. The first-order valence-electron chi connectivity index (χ1n) is 3.78. The predicted molar refractivity (Wildman–Crippen MR) is 44.9 cm³/mol. The molecule has 0 saturated carbocycles. The van der Waals surface area contributed by atoms with Crippen molar-refractivity contribution in [2.45, 2.75) is 12.8 Å². The van der Waals surface area contributed by atoms with Crippen LogP contribution in [-0.2, 0) is 11.2 Å². The fourth-order valence-corrected chi connectivity index (χ4v) is 0.922. The molecule has 0 aliphatic carbocycles. The molecular formula is C9H12N2O+. The van der Waals surface area contributed by atoms with Gasteiger partial charge in [-0.05, 0) is 12.0 Å². The second kappa shape index (κ2) is 3.85. The molecule has 3 heteroatoms. The van der Waals surface area contributed by atoms with Crippen LogP contribution in [0.1, 0.15) is 12.0 Å². The van der Waals surface area contributed by atoms with Crippen molar-refractivity contribution in [1.82, 2.24) is 0 Å². The van der Waals surface area contributed by atoms with Crippen LogP contribution in [0.2, 0.25) is 0 Å². The molecule has 0 fully saturated rings. The van der Waals surface area contributed by atoms with E-state index in [0.717, 1.165) is 5.56 Å². The number of nitrogens with two attached hydrogens (primary N) is 1. The van der Waals surface area contributed by atoms with Gasteiger partial charge in [0.25, 0.3) is 0 Å². The first-order valence-corrected chi connectivity index (χ1v) is 3.78. The maximum atomic E-state index is 10.4. The summed E-state index contributed by atoms with van der Waals surface area (Å²) in [4.78, 5) is 10.4. The van der Waals surface area contributed by atoms with E-state index in [1.54, 1.807) is 4.57 Å². The number of hydrogen-bond donors (Lipinski definition) is 1. The van der Waals surface area contributed by atoms with Crippen LogP contribution in [0.15, 0.2) is 24.5 Å². The Hall–Kier alpha value is -1.38. The van der Waals surface area contributed by atoms with Crippen LogP contribution in [0.3, 0.4) is 0 Å². The summed E-state index contributed by atoms with van der Waals surface area (Å²) in [5, 5.41) is 0. The second-order valence-corrected chi connectivity index (χ2v) is 2.69. The average Bonchev–Trinajstić information content (AvgIpc) is 2.03. The summed E-state index contributed by atoms with van der Waals surface area (Å²) in [7, 11) is 3.68. The van der Waals surface area contributed by atoms with Crippen LogP contribution >= 0.6 is 0 Å². The van der Waals surface area contributed by atoms with E-state index < -0.39 is 0 Å². The lowest BCUT2D eigenvalue weighted by molar-refractivity contribution is -0.612. The zero-order chi connectivity index (χ0) is 8.97. The van der Waals surface area contributed by atoms with E-state index in [2.05, 4.69) is 7.05 Å². The first-order chi connectivity index (χ1) is 5.68. The van der Waals surface area contributed by atoms with Gasteiger partial charge in [-0.3, -0.25) is 4.79 Å². The Kier molecular flexibility index (Phi) is 2.80. The van der Waals surface area contributed by atoms with E-state index >= 15 is 0 Å². The van der Waals surface area contributed by atoms with Gasteiger partial charge in [-0.25, -0.2) is 0 Å². The fourth-order valence-electron chi connectivity index (χ4n) is 0.922. The molecule has 0 atom stereocenters. The lowest BCUT2D eigenvalue weighted by Gasteiger charge is -1.95. The minimum absolute atomic E-state index is 0.263. The number of aromatic nitrogens is 1. The summed E-state index contributed by atoms with van der Waals surface area (Å²) in [5.74, 6) is -0.263. The molecule has 1 aromatic heterocycles. The number of pyridine rings is 1. The normalized spacial score (nSPS) is 9.75. The molecule has 1 amide bonds. The van der Waals surface area contributed by atoms with Crippen molar-refractivity contribution >= 4 is 5.91 Å². The molecule has 0 aliphatic heterocycles. The number of primary amides is 1. The molecule has 0 aromatic carbocycles. The Morgan fingerprint density at radius 2 is 2.08 bits per heavy atom. The van der Waals surface area contributed by atoms with Gasteiger partial charge in [0.2, 0.25) is 13.0 Å². The van der Waals surface area contributed by atoms with Crippen LogP contribution in [0.4, 0.5) is 0 Å². The fraction of sp³-hybridized carbons (Fsp3) is 0.222. The smallest absolute Gasteiger partial charge is 0.217 e. The number of amides is 1. The summed E-state index contributed by atoms with van der Waals surface area (Å²) in [5.41, 5.74) is 6.12. The molecular weight excluding hydrogens is 152 g/mol. The summed E-state index contributed by atoms with van der Waals surface area (Å²) < 4.78 is 1.70. The molecule has 0 aliphatic rings. The predicted octanol–water partition coefficient (Wildman–Crippen LogP) is 0.0317. The first kappa shape index (κ1) is 8.71. The Morgan fingerprint density at radius 1 is 1.50 bits per heavy atom. The van der Waals surface area contributed by atoms with E-state index in [1.165, 1.54) is 0 Å². The molecule has 1 rings (SSSR count). The van der Waals surface area contributed by atoms with E-state index in [0.29, 0.717) is 12.8 Å². The Balaban J connectivity index is 2.53. The molecule has 1 heterocycles. The zero-order valence-electron chi connectivity index (χ0n) is 6.86. The van der Waals surface area contributed by atoms with Crippen LogP contribution in [0.5, 0.6) is 0 Å². The van der Waals surface area contributed by atoms with Gasteiger partial charge in [0.1, 0.15) is 0 Å². The van der Waals surface area contributed by atoms with Crippen LogP contribution in [0.25, 0.3) is 0 Å². The monoisotopic (exact) mass is 164 g/mol. The highest BCUT2D eigenvalue weighted by atomic mass is 16.1. The van der Waals surface area contributed by atoms with Gasteiger partial charge in [-0.2, -0.15) is 4.57 Å². The summed E-state index contributed by atoms with van der Waals surface area (Å²) in [6, 6.07) is 3.85. The van der Waals surface area contributed by atoms with Crippen LogP contribution < -0.4 is 10.3 Å². The van der Waals surface area contributed by atoms with Gasteiger partial charge in [-0.1, -0.05) is 0 Å². The molecule has 63 valence electrons. The lowest BCUT2D eigenvalue weighted by atomic mass is 10.1. The van der Waals surface area contributed by atoms with Gasteiger partial charge in [0.05, 0.1) is 0 Å². The van der Waals surface area contributed by atoms with Gasteiger partial charge >= 0.3 is 0 Å². The zero-order valence-corrected chi connectivity index (χ0v) is 6.86. The number of nitrogens with zero attached hydrogens (tertiary/aromatic N) is 1. The Bertz CT molecular complexity index is 266. The molecule has 12 heavy (non-hydrogen) atoms. The Morgan fingerprint density at radius 3 is 2.58 bits per heavy atom. The van der Waals surface area contributed by atoms with E-state index in [9.17, 15) is 4.79 Å². The second-order valence-electron chi connectivity index (χ2n) is 2.69. The maximum Gasteiger partial charge on any atom is 0.217 e. The highest BCUT2D eigenvalue weighted by Gasteiger charge is 1.98. The number of hydrogen-bond acceptors (Lipinski definition) is 1. The third kappa shape index (κ3) is 2.70. The average molecular weight is 164 g/mol. The molecule has 3 nitrogen and oxygen atoms in total. The SMILES string of the molecule is [CH2][n+]1ccc(CCC(N)=O)cc1. The standard InChI is InChI=1S/C9H12N2O/c1-11-6-4-8(5-7-11)2-3-9(10)12/h4-7H,1-3H2,(H2,10,12)/q+1. The summed E-state index contributed by atoms with van der Waals surface area (Å²) in [6.07, 6.45) is 4.80. The molecule has 1 radical (unpaired) electrons.